The van der Waals surface area contributed by atoms with Gasteiger partial charge in [0.15, 0.2) is 0 Å². The first-order valence-corrected chi connectivity index (χ1v) is 12.9. The van der Waals surface area contributed by atoms with E-state index in [1.54, 1.807) is 16.7 Å². The molecule has 1 saturated carbocycles. The van der Waals surface area contributed by atoms with Gasteiger partial charge < -0.3 is 10.2 Å². The predicted octanol–water partition coefficient (Wildman–Crippen LogP) is 4.97. The molecular weight excluding hydrogens is 450 g/mol. The number of rotatable bonds is 7. The molecule has 0 bridgehead atoms. The molecule has 0 saturated heterocycles. The lowest BCUT2D eigenvalue weighted by Gasteiger charge is -2.32. The molecule has 186 valence electrons. The Kier molecular flexibility index (Phi) is 6.77. The molecule has 36 heavy (non-hydrogen) atoms. The van der Waals surface area contributed by atoms with Crippen LogP contribution in [0.4, 0.5) is 5.69 Å². The smallest absolute Gasteiger partial charge is 0.259 e. The molecule has 0 spiro atoms. The Morgan fingerprint density at radius 1 is 1.00 bits per heavy atom. The molecule has 2 aliphatic rings. The van der Waals surface area contributed by atoms with E-state index in [0.29, 0.717) is 12.1 Å². The Balaban J connectivity index is 1.39. The zero-order chi connectivity index (χ0) is 25.2. The molecule has 1 fully saturated rings. The normalized spacial score (nSPS) is 16.3. The van der Waals surface area contributed by atoms with Crippen LogP contribution in [0.5, 0.6) is 0 Å². The molecule has 0 aromatic heterocycles. The predicted molar refractivity (Wildman–Crippen MR) is 142 cm³/mol. The van der Waals surface area contributed by atoms with E-state index < -0.39 is 6.04 Å². The van der Waals surface area contributed by atoms with Crippen molar-refractivity contribution < 1.29 is 14.4 Å². The maximum atomic E-state index is 13.8. The van der Waals surface area contributed by atoms with Crippen LogP contribution in [-0.4, -0.2) is 41.2 Å². The lowest BCUT2D eigenvalue weighted by atomic mass is 9.95. The summed E-state index contributed by atoms with van der Waals surface area (Å²) >= 11 is 0. The molecule has 6 heteroatoms. The Morgan fingerprint density at radius 2 is 1.69 bits per heavy atom. The Bertz CT molecular complexity index is 1290. The topological polar surface area (TPSA) is 69.7 Å². The SMILES string of the molecule is Cc1ccc(CN(C(=O)CN2C(=O)c3cccc4cccc2c34)[C@H](C)C(=O)NC2CCCCC2)cc1. The van der Waals surface area contributed by atoms with Gasteiger partial charge in [0.05, 0.1) is 5.69 Å². The minimum absolute atomic E-state index is 0.112. The number of amides is 3. The molecular formula is C30H33N3O3. The third-order valence-electron chi connectivity index (χ3n) is 7.53. The van der Waals surface area contributed by atoms with Crippen LogP contribution < -0.4 is 10.2 Å². The molecule has 0 radical (unpaired) electrons. The van der Waals surface area contributed by atoms with Gasteiger partial charge in [0, 0.05) is 23.5 Å². The van der Waals surface area contributed by atoms with E-state index in [0.717, 1.165) is 53.3 Å². The van der Waals surface area contributed by atoms with Gasteiger partial charge in [0.1, 0.15) is 12.6 Å². The number of carbonyl (C=O) groups is 3. The van der Waals surface area contributed by atoms with E-state index in [1.807, 2.05) is 67.6 Å². The molecule has 0 unspecified atom stereocenters. The third-order valence-corrected chi connectivity index (χ3v) is 7.53. The largest absolute Gasteiger partial charge is 0.352 e. The first kappa shape index (κ1) is 24.0. The lowest BCUT2D eigenvalue weighted by Crippen LogP contribution is -2.52. The molecule has 1 atom stereocenters. The number of hydrogen-bond acceptors (Lipinski definition) is 3. The third kappa shape index (κ3) is 4.72. The van der Waals surface area contributed by atoms with E-state index >= 15 is 0 Å². The first-order valence-electron chi connectivity index (χ1n) is 12.9. The summed E-state index contributed by atoms with van der Waals surface area (Å²) in [5.41, 5.74) is 3.44. The van der Waals surface area contributed by atoms with Gasteiger partial charge in [-0.1, -0.05) is 73.4 Å². The molecule has 1 heterocycles. The van der Waals surface area contributed by atoms with Gasteiger partial charge in [0.25, 0.3) is 5.91 Å². The van der Waals surface area contributed by atoms with Gasteiger partial charge in [-0.2, -0.15) is 0 Å². The van der Waals surface area contributed by atoms with Crippen LogP contribution in [0.25, 0.3) is 10.8 Å². The summed E-state index contributed by atoms with van der Waals surface area (Å²) < 4.78 is 0. The van der Waals surface area contributed by atoms with Crippen LogP contribution in [0.1, 0.15) is 60.5 Å². The first-order chi connectivity index (χ1) is 17.4. The fraction of sp³-hybridized carbons (Fsp3) is 0.367. The van der Waals surface area contributed by atoms with Crippen LogP contribution in [0.15, 0.2) is 60.7 Å². The Hall–Kier alpha value is -3.67. The van der Waals surface area contributed by atoms with Crippen molar-refractivity contribution in [2.75, 3.05) is 11.4 Å². The maximum absolute atomic E-state index is 13.8. The van der Waals surface area contributed by atoms with Crippen molar-refractivity contribution in [1.29, 1.82) is 0 Å². The number of aryl methyl sites for hydroxylation is 1. The van der Waals surface area contributed by atoms with Crippen molar-refractivity contribution in [2.24, 2.45) is 0 Å². The van der Waals surface area contributed by atoms with Gasteiger partial charge >= 0.3 is 0 Å². The maximum Gasteiger partial charge on any atom is 0.259 e. The van der Waals surface area contributed by atoms with E-state index in [9.17, 15) is 14.4 Å². The second-order valence-electron chi connectivity index (χ2n) is 10.1. The lowest BCUT2D eigenvalue weighted by molar-refractivity contribution is -0.139. The highest BCUT2D eigenvalue weighted by Crippen LogP contribution is 2.37. The van der Waals surface area contributed by atoms with Gasteiger partial charge in [-0.15, -0.1) is 0 Å². The van der Waals surface area contributed by atoms with Crippen molar-refractivity contribution in [2.45, 2.75) is 64.6 Å². The summed E-state index contributed by atoms with van der Waals surface area (Å²) in [7, 11) is 0. The molecule has 3 aromatic carbocycles. The van der Waals surface area contributed by atoms with Crippen molar-refractivity contribution in [3.8, 4) is 0 Å². The average molecular weight is 484 g/mol. The van der Waals surface area contributed by atoms with E-state index in [-0.39, 0.29) is 30.3 Å². The minimum atomic E-state index is -0.656. The van der Waals surface area contributed by atoms with Crippen molar-refractivity contribution >= 4 is 34.2 Å². The summed E-state index contributed by atoms with van der Waals surface area (Å²) in [6.45, 7) is 3.99. The standard InChI is InChI=1S/C30H33N3O3/c1-20-14-16-22(17-15-20)18-32(21(2)29(35)31-24-10-4-3-5-11-24)27(34)19-33-26-13-7-9-23-8-6-12-25(28(23)26)30(33)36/h6-9,12-17,21,24H,3-5,10-11,18-19H2,1-2H3,(H,31,35)/t21-/m1/s1. The summed E-state index contributed by atoms with van der Waals surface area (Å²) in [6, 6.07) is 18.9. The molecule has 5 rings (SSSR count). The summed E-state index contributed by atoms with van der Waals surface area (Å²) in [4.78, 5) is 43.5. The van der Waals surface area contributed by atoms with Gasteiger partial charge in [0.2, 0.25) is 11.8 Å². The molecule has 3 aromatic rings. The molecule has 1 N–H and O–H groups in total. The van der Waals surface area contributed by atoms with Crippen molar-refractivity contribution in [3.05, 3.63) is 77.4 Å². The van der Waals surface area contributed by atoms with Crippen LogP contribution >= 0.6 is 0 Å². The number of nitrogens with zero attached hydrogens (tertiary/aromatic N) is 2. The number of hydrogen-bond donors (Lipinski definition) is 1. The van der Waals surface area contributed by atoms with Crippen LogP contribution in [-0.2, 0) is 16.1 Å². The average Bonchev–Trinajstić information content (AvgIpc) is 3.16. The highest BCUT2D eigenvalue weighted by atomic mass is 16.2. The number of benzene rings is 3. The fourth-order valence-corrected chi connectivity index (χ4v) is 5.40. The number of anilines is 1. The van der Waals surface area contributed by atoms with E-state index in [2.05, 4.69) is 5.32 Å². The molecule has 6 nitrogen and oxygen atoms in total. The summed E-state index contributed by atoms with van der Waals surface area (Å²) in [5, 5.41) is 5.03. The molecule has 1 aliphatic carbocycles. The minimum Gasteiger partial charge on any atom is -0.352 e. The summed E-state index contributed by atoms with van der Waals surface area (Å²) in [6.07, 6.45) is 5.41. The molecule has 3 amide bonds. The van der Waals surface area contributed by atoms with Gasteiger partial charge in [-0.25, -0.2) is 0 Å². The van der Waals surface area contributed by atoms with Crippen LogP contribution in [0.2, 0.25) is 0 Å². The fourth-order valence-electron chi connectivity index (χ4n) is 5.40. The van der Waals surface area contributed by atoms with E-state index in [1.165, 1.54) is 6.42 Å². The number of carbonyl (C=O) groups excluding carboxylic acids is 3. The van der Waals surface area contributed by atoms with Crippen molar-refractivity contribution in [3.63, 3.8) is 0 Å². The van der Waals surface area contributed by atoms with Crippen LogP contribution in [0.3, 0.4) is 0 Å². The van der Waals surface area contributed by atoms with Crippen LogP contribution in [0, 0.1) is 6.92 Å². The van der Waals surface area contributed by atoms with Gasteiger partial charge in [-0.3, -0.25) is 19.3 Å². The quantitative estimate of drug-likeness (QED) is 0.516. The van der Waals surface area contributed by atoms with Gasteiger partial charge in [-0.05, 0) is 49.8 Å². The zero-order valence-corrected chi connectivity index (χ0v) is 21.0. The monoisotopic (exact) mass is 483 g/mol. The summed E-state index contributed by atoms with van der Waals surface area (Å²) in [5.74, 6) is -0.565. The molecule has 1 aliphatic heterocycles. The van der Waals surface area contributed by atoms with Crippen molar-refractivity contribution in [1.82, 2.24) is 10.2 Å². The highest BCUT2D eigenvalue weighted by Gasteiger charge is 2.34. The second kappa shape index (κ2) is 10.1. The number of nitrogens with one attached hydrogen (secondary N) is 1. The zero-order valence-electron chi connectivity index (χ0n) is 21.0. The van der Waals surface area contributed by atoms with E-state index in [4.69, 9.17) is 0 Å². The Morgan fingerprint density at radius 3 is 2.42 bits per heavy atom. The highest BCUT2D eigenvalue weighted by molar-refractivity contribution is 6.26. The second-order valence-corrected chi connectivity index (χ2v) is 10.1. The Labute approximate surface area is 212 Å².